The highest BCUT2D eigenvalue weighted by molar-refractivity contribution is 6.01. The number of benzene rings is 3. The number of hydrogen-bond acceptors (Lipinski definition) is 2. The highest BCUT2D eigenvalue weighted by Crippen LogP contribution is 2.27. The number of nitriles is 1. The fraction of sp³-hybridized carbons (Fsp3) is 0.174. The molecule has 3 aromatic rings. The molecule has 0 saturated carbocycles. The van der Waals surface area contributed by atoms with Crippen LogP contribution in [0.3, 0.4) is 0 Å². The third kappa shape index (κ3) is 3.14. The lowest BCUT2D eigenvalue weighted by Crippen LogP contribution is -2.17. The Morgan fingerprint density at radius 2 is 1.60 bits per heavy atom. The van der Waals surface area contributed by atoms with Crippen LogP contribution in [-0.2, 0) is 0 Å². The number of fused-ring (bicyclic) bond motifs is 1. The average molecular weight is 324 g/mol. The summed E-state index contributed by atoms with van der Waals surface area (Å²) in [4.78, 5) is 2.42. The van der Waals surface area contributed by atoms with Gasteiger partial charge in [0.05, 0.1) is 11.6 Å². The van der Waals surface area contributed by atoms with Gasteiger partial charge in [-0.1, -0.05) is 54.6 Å². The monoisotopic (exact) mass is 324 g/mol. The summed E-state index contributed by atoms with van der Waals surface area (Å²) in [5.74, 6) is 0. The van der Waals surface area contributed by atoms with Crippen LogP contribution >= 0.6 is 0 Å². The molecule has 0 bridgehead atoms. The number of rotatable bonds is 3. The van der Waals surface area contributed by atoms with Gasteiger partial charge < -0.3 is 4.90 Å². The van der Waals surface area contributed by atoms with E-state index in [0.717, 1.165) is 35.0 Å². The molecule has 3 aromatic carbocycles. The highest BCUT2D eigenvalue weighted by atomic mass is 15.1. The summed E-state index contributed by atoms with van der Waals surface area (Å²) < 4.78 is 0. The predicted molar refractivity (Wildman–Crippen MR) is 105 cm³/mol. The Labute approximate surface area is 148 Å². The van der Waals surface area contributed by atoms with Crippen molar-refractivity contribution in [2.24, 2.45) is 0 Å². The van der Waals surface area contributed by atoms with Crippen LogP contribution in [0.25, 0.3) is 22.4 Å². The molecule has 0 N–H and O–H groups in total. The molecule has 4 rings (SSSR count). The summed E-state index contributed by atoms with van der Waals surface area (Å²) in [7, 11) is 0. The second-order valence-electron chi connectivity index (χ2n) is 6.48. The van der Waals surface area contributed by atoms with Gasteiger partial charge in [0, 0.05) is 24.3 Å². The van der Waals surface area contributed by atoms with E-state index in [1.807, 2.05) is 30.3 Å². The van der Waals surface area contributed by atoms with Crippen LogP contribution < -0.4 is 4.90 Å². The number of allylic oxidation sites excluding steroid dienone is 1. The first-order chi connectivity index (χ1) is 12.3. The molecule has 2 heteroatoms. The van der Waals surface area contributed by atoms with Crippen LogP contribution in [0.15, 0.2) is 66.7 Å². The average Bonchev–Trinajstić information content (AvgIpc) is 3.21. The van der Waals surface area contributed by atoms with E-state index in [1.54, 1.807) is 0 Å². The Morgan fingerprint density at radius 3 is 2.36 bits per heavy atom. The molecule has 25 heavy (non-hydrogen) atoms. The second-order valence-corrected chi connectivity index (χ2v) is 6.48. The molecule has 1 aliphatic heterocycles. The van der Waals surface area contributed by atoms with Gasteiger partial charge in [0.2, 0.25) is 0 Å². The maximum absolute atomic E-state index is 9.70. The Hall–Kier alpha value is -3.05. The molecule has 0 atom stereocenters. The van der Waals surface area contributed by atoms with Gasteiger partial charge in [-0.25, -0.2) is 0 Å². The molecule has 0 unspecified atom stereocenters. The maximum Gasteiger partial charge on any atom is 0.0998 e. The van der Waals surface area contributed by atoms with Crippen LogP contribution in [0.1, 0.15) is 24.0 Å². The van der Waals surface area contributed by atoms with Crippen molar-refractivity contribution in [3.05, 3.63) is 77.9 Å². The normalized spacial score (nSPS) is 14.7. The van der Waals surface area contributed by atoms with E-state index in [9.17, 15) is 5.26 Å². The summed E-state index contributed by atoms with van der Waals surface area (Å²) in [6.07, 6.45) is 4.54. The van der Waals surface area contributed by atoms with Gasteiger partial charge in [-0.05, 0) is 47.4 Å². The third-order valence-corrected chi connectivity index (χ3v) is 4.88. The molecule has 0 radical (unpaired) electrons. The predicted octanol–water partition coefficient (Wildman–Crippen LogP) is 5.50. The van der Waals surface area contributed by atoms with Crippen LogP contribution in [0.4, 0.5) is 5.69 Å². The van der Waals surface area contributed by atoms with Crippen LogP contribution in [-0.4, -0.2) is 13.1 Å². The Kier molecular flexibility index (Phi) is 4.23. The number of anilines is 1. The van der Waals surface area contributed by atoms with Crippen molar-refractivity contribution in [1.29, 1.82) is 5.26 Å². The van der Waals surface area contributed by atoms with Crippen LogP contribution in [0.5, 0.6) is 0 Å². The number of nitrogens with zero attached hydrogens (tertiary/aromatic N) is 2. The van der Waals surface area contributed by atoms with E-state index in [2.05, 4.69) is 53.4 Å². The van der Waals surface area contributed by atoms with E-state index in [1.165, 1.54) is 18.5 Å². The smallest absolute Gasteiger partial charge is 0.0998 e. The van der Waals surface area contributed by atoms with E-state index in [0.29, 0.717) is 5.57 Å². The van der Waals surface area contributed by atoms with E-state index < -0.39 is 0 Å². The van der Waals surface area contributed by atoms with Crippen LogP contribution in [0.2, 0.25) is 0 Å². The van der Waals surface area contributed by atoms with E-state index >= 15 is 0 Å². The lowest BCUT2D eigenvalue weighted by molar-refractivity contribution is 0.949. The summed E-state index contributed by atoms with van der Waals surface area (Å²) in [5.41, 5.74) is 4.03. The molecule has 2 nitrogen and oxygen atoms in total. The molecule has 1 fully saturated rings. The molecule has 0 spiro atoms. The zero-order chi connectivity index (χ0) is 17.1. The Bertz CT molecular complexity index is 950. The first-order valence-corrected chi connectivity index (χ1v) is 8.80. The molecular formula is C23H20N2. The van der Waals surface area contributed by atoms with Gasteiger partial charge in [-0.3, -0.25) is 0 Å². The molecule has 1 aliphatic rings. The third-order valence-electron chi connectivity index (χ3n) is 4.88. The minimum Gasteiger partial charge on any atom is -0.372 e. The topological polar surface area (TPSA) is 27.0 Å². The van der Waals surface area contributed by atoms with Crippen molar-refractivity contribution in [2.75, 3.05) is 18.0 Å². The van der Waals surface area contributed by atoms with Gasteiger partial charge in [-0.15, -0.1) is 0 Å². The SMILES string of the molecule is N#C/C(=C/c1ccc(N2CCCC2)cc1)c1cccc2ccccc12. The van der Waals surface area contributed by atoms with Crippen molar-refractivity contribution < 1.29 is 0 Å². The molecule has 0 amide bonds. The van der Waals surface area contributed by atoms with Crippen LogP contribution in [0, 0.1) is 11.3 Å². The quantitative estimate of drug-likeness (QED) is 0.469. The molecule has 0 aromatic heterocycles. The summed E-state index contributed by atoms with van der Waals surface area (Å²) in [6.45, 7) is 2.29. The number of hydrogen-bond donors (Lipinski definition) is 0. The zero-order valence-electron chi connectivity index (χ0n) is 14.2. The first kappa shape index (κ1) is 15.5. The minimum atomic E-state index is 0.700. The fourth-order valence-corrected chi connectivity index (χ4v) is 3.55. The lowest BCUT2D eigenvalue weighted by atomic mass is 9.97. The van der Waals surface area contributed by atoms with Gasteiger partial charge >= 0.3 is 0 Å². The Balaban J connectivity index is 1.69. The Morgan fingerprint density at radius 1 is 0.880 bits per heavy atom. The van der Waals surface area contributed by atoms with Gasteiger partial charge in [0.15, 0.2) is 0 Å². The molecular weight excluding hydrogens is 304 g/mol. The molecule has 1 saturated heterocycles. The van der Waals surface area contributed by atoms with Crippen molar-refractivity contribution in [2.45, 2.75) is 12.8 Å². The highest BCUT2D eigenvalue weighted by Gasteiger charge is 2.12. The second kappa shape index (κ2) is 6.83. The van der Waals surface area contributed by atoms with E-state index in [4.69, 9.17) is 0 Å². The first-order valence-electron chi connectivity index (χ1n) is 8.80. The van der Waals surface area contributed by atoms with Crippen molar-refractivity contribution in [3.63, 3.8) is 0 Å². The summed E-state index contributed by atoms with van der Waals surface area (Å²) in [6, 6.07) is 25.2. The van der Waals surface area contributed by atoms with E-state index in [-0.39, 0.29) is 0 Å². The van der Waals surface area contributed by atoms with Crippen molar-refractivity contribution >= 4 is 28.1 Å². The fourth-order valence-electron chi connectivity index (χ4n) is 3.55. The molecule has 122 valence electrons. The minimum absolute atomic E-state index is 0.700. The standard InChI is InChI=1S/C23H20N2/c24-17-20(23-9-5-7-19-6-1-2-8-22(19)23)16-18-10-12-21(13-11-18)25-14-3-4-15-25/h1-2,5-13,16H,3-4,14-15H2/b20-16-. The molecule has 1 heterocycles. The maximum atomic E-state index is 9.70. The van der Waals surface area contributed by atoms with Gasteiger partial charge in [0.25, 0.3) is 0 Å². The van der Waals surface area contributed by atoms with Gasteiger partial charge in [-0.2, -0.15) is 5.26 Å². The van der Waals surface area contributed by atoms with Crippen molar-refractivity contribution in [1.82, 2.24) is 0 Å². The largest absolute Gasteiger partial charge is 0.372 e. The molecule has 0 aliphatic carbocycles. The summed E-state index contributed by atoms with van der Waals surface area (Å²) >= 11 is 0. The lowest BCUT2D eigenvalue weighted by Gasteiger charge is -2.17. The summed E-state index contributed by atoms with van der Waals surface area (Å²) in [5, 5.41) is 12.0. The van der Waals surface area contributed by atoms with Crippen molar-refractivity contribution in [3.8, 4) is 6.07 Å². The van der Waals surface area contributed by atoms with Gasteiger partial charge in [0.1, 0.15) is 0 Å². The zero-order valence-corrected chi connectivity index (χ0v) is 14.2.